The number of benzene rings is 1. The molecule has 5 heteroatoms. The van der Waals surface area contributed by atoms with Crippen LogP contribution in [0.3, 0.4) is 0 Å². The van der Waals surface area contributed by atoms with Crippen molar-refractivity contribution in [2.45, 2.75) is 38.5 Å². The van der Waals surface area contributed by atoms with E-state index in [4.69, 9.17) is 10.5 Å². The largest absolute Gasteiger partial charge is 0.381 e. The molecule has 1 fully saturated rings. The van der Waals surface area contributed by atoms with E-state index in [9.17, 15) is 0 Å². The highest BCUT2D eigenvalue weighted by Crippen LogP contribution is 2.35. The van der Waals surface area contributed by atoms with Crippen molar-refractivity contribution in [3.05, 3.63) is 34.3 Å². The second kappa shape index (κ2) is 8.69. The molecule has 128 valence electrons. The molecule has 0 unspecified atom stereocenters. The van der Waals surface area contributed by atoms with Crippen LogP contribution in [-0.2, 0) is 10.2 Å². The first kappa shape index (κ1) is 18.3. The minimum Gasteiger partial charge on any atom is -0.381 e. The van der Waals surface area contributed by atoms with Gasteiger partial charge in [-0.3, -0.25) is 4.99 Å². The van der Waals surface area contributed by atoms with Gasteiger partial charge in [0.15, 0.2) is 5.96 Å². The molecule has 4 nitrogen and oxygen atoms in total. The minimum atomic E-state index is 0.0310. The predicted octanol–water partition coefficient (Wildman–Crippen LogP) is 3.45. The van der Waals surface area contributed by atoms with Crippen molar-refractivity contribution in [3.63, 3.8) is 0 Å². The van der Waals surface area contributed by atoms with Gasteiger partial charge in [0.05, 0.1) is 6.54 Å². The number of halogens is 1. The van der Waals surface area contributed by atoms with Crippen molar-refractivity contribution < 1.29 is 4.74 Å². The molecule has 23 heavy (non-hydrogen) atoms. The van der Waals surface area contributed by atoms with Gasteiger partial charge < -0.3 is 15.8 Å². The Kier molecular flexibility index (Phi) is 6.90. The third-order valence-electron chi connectivity index (χ3n) is 4.49. The van der Waals surface area contributed by atoms with Gasteiger partial charge in [-0.15, -0.1) is 0 Å². The van der Waals surface area contributed by atoms with Gasteiger partial charge in [-0.25, -0.2) is 0 Å². The van der Waals surface area contributed by atoms with Crippen LogP contribution in [0.5, 0.6) is 0 Å². The quantitative estimate of drug-likeness (QED) is 0.585. The van der Waals surface area contributed by atoms with E-state index in [2.05, 4.69) is 64.4 Å². The molecule has 1 aromatic rings. The lowest BCUT2D eigenvalue weighted by molar-refractivity contribution is 0.0531. The number of hydrogen-bond donors (Lipinski definition) is 2. The third kappa shape index (κ3) is 5.50. The molecule has 0 aromatic heterocycles. The maximum Gasteiger partial charge on any atom is 0.188 e. The van der Waals surface area contributed by atoms with E-state index in [1.165, 1.54) is 5.56 Å². The Balaban J connectivity index is 2.05. The van der Waals surface area contributed by atoms with Gasteiger partial charge in [-0.2, -0.15) is 0 Å². The van der Waals surface area contributed by atoms with Crippen LogP contribution in [0.15, 0.2) is 33.7 Å². The molecule has 1 aliphatic heterocycles. The summed E-state index contributed by atoms with van der Waals surface area (Å²) in [7, 11) is 0. The van der Waals surface area contributed by atoms with Gasteiger partial charge in [-0.1, -0.05) is 41.9 Å². The zero-order chi connectivity index (χ0) is 16.7. The summed E-state index contributed by atoms with van der Waals surface area (Å²) < 4.78 is 6.66. The van der Waals surface area contributed by atoms with Crippen molar-refractivity contribution >= 4 is 21.9 Å². The van der Waals surface area contributed by atoms with E-state index in [0.29, 0.717) is 18.4 Å². The van der Waals surface area contributed by atoms with Crippen molar-refractivity contribution in [2.75, 3.05) is 26.3 Å². The van der Waals surface area contributed by atoms with Gasteiger partial charge in [0.1, 0.15) is 0 Å². The first-order valence-corrected chi connectivity index (χ1v) is 9.19. The molecule has 1 aliphatic rings. The fourth-order valence-corrected chi connectivity index (χ4v) is 3.15. The molecule has 0 spiro atoms. The molecule has 0 saturated carbocycles. The standard InChI is InChI=1S/C18H28BrN3O/c1-14(2)7-10-21-17(20)22-13-18(8-11-23-12-9-18)15-3-5-16(19)6-4-15/h3-6,14H,7-13H2,1-2H3,(H3,20,21,22). The maximum atomic E-state index is 6.04. The smallest absolute Gasteiger partial charge is 0.188 e. The van der Waals surface area contributed by atoms with Gasteiger partial charge in [0, 0.05) is 29.6 Å². The monoisotopic (exact) mass is 381 g/mol. The van der Waals surface area contributed by atoms with E-state index in [1.807, 2.05) is 0 Å². The average Bonchev–Trinajstić information content (AvgIpc) is 2.54. The topological polar surface area (TPSA) is 59.6 Å². The van der Waals surface area contributed by atoms with Crippen LogP contribution in [0.25, 0.3) is 0 Å². The van der Waals surface area contributed by atoms with Crippen LogP contribution in [0.4, 0.5) is 0 Å². The molecular formula is C18H28BrN3O. The van der Waals surface area contributed by atoms with Gasteiger partial charge in [-0.05, 0) is 42.9 Å². The summed E-state index contributed by atoms with van der Waals surface area (Å²) in [5, 5.41) is 3.22. The van der Waals surface area contributed by atoms with Gasteiger partial charge >= 0.3 is 0 Å². The predicted molar refractivity (Wildman–Crippen MR) is 99.8 cm³/mol. The van der Waals surface area contributed by atoms with Crippen LogP contribution in [0, 0.1) is 5.92 Å². The molecule has 0 bridgehead atoms. The number of ether oxygens (including phenoxy) is 1. The van der Waals surface area contributed by atoms with Crippen LogP contribution in [0.2, 0.25) is 0 Å². The Hall–Kier alpha value is -1.07. The molecule has 3 N–H and O–H groups in total. The first-order valence-electron chi connectivity index (χ1n) is 8.39. The Morgan fingerprint density at radius 3 is 2.57 bits per heavy atom. The molecule has 1 saturated heterocycles. The number of hydrogen-bond acceptors (Lipinski definition) is 2. The molecule has 1 aromatic carbocycles. The van der Waals surface area contributed by atoms with E-state index >= 15 is 0 Å². The minimum absolute atomic E-state index is 0.0310. The summed E-state index contributed by atoms with van der Waals surface area (Å²) in [4.78, 5) is 4.63. The van der Waals surface area contributed by atoms with E-state index in [0.717, 1.165) is 43.5 Å². The number of nitrogens with one attached hydrogen (secondary N) is 1. The number of nitrogens with two attached hydrogens (primary N) is 1. The SMILES string of the molecule is CC(C)CCNC(N)=NCC1(c2ccc(Br)cc2)CCOCC1. The Labute approximate surface area is 148 Å². The lowest BCUT2D eigenvalue weighted by atomic mass is 9.74. The highest BCUT2D eigenvalue weighted by molar-refractivity contribution is 9.10. The maximum absolute atomic E-state index is 6.04. The van der Waals surface area contributed by atoms with Crippen molar-refractivity contribution in [1.82, 2.24) is 5.32 Å². The normalized spacial score (nSPS) is 18.2. The Morgan fingerprint density at radius 2 is 1.96 bits per heavy atom. The molecule has 0 amide bonds. The summed E-state index contributed by atoms with van der Waals surface area (Å²) in [6, 6.07) is 8.57. The molecule has 0 radical (unpaired) electrons. The van der Waals surface area contributed by atoms with Crippen LogP contribution in [0.1, 0.15) is 38.7 Å². The highest BCUT2D eigenvalue weighted by atomic mass is 79.9. The summed E-state index contributed by atoms with van der Waals surface area (Å²) in [6.45, 7) is 7.57. The zero-order valence-corrected chi connectivity index (χ0v) is 15.7. The molecule has 0 aliphatic carbocycles. The van der Waals surface area contributed by atoms with E-state index < -0.39 is 0 Å². The number of rotatable bonds is 6. The fraction of sp³-hybridized carbons (Fsp3) is 0.611. The molecule has 2 rings (SSSR count). The lowest BCUT2D eigenvalue weighted by Gasteiger charge is -2.36. The third-order valence-corrected chi connectivity index (χ3v) is 5.02. The Morgan fingerprint density at radius 1 is 1.30 bits per heavy atom. The number of aliphatic imine (C=N–C) groups is 1. The zero-order valence-electron chi connectivity index (χ0n) is 14.1. The van der Waals surface area contributed by atoms with Crippen molar-refractivity contribution in [1.29, 1.82) is 0 Å². The van der Waals surface area contributed by atoms with Gasteiger partial charge in [0.2, 0.25) is 0 Å². The van der Waals surface area contributed by atoms with Crippen molar-refractivity contribution in [3.8, 4) is 0 Å². The summed E-state index contributed by atoms with van der Waals surface area (Å²) in [5.41, 5.74) is 7.39. The molecule has 0 atom stereocenters. The fourth-order valence-electron chi connectivity index (χ4n) is 2.88. The van der Waals surface area contributed by atoms with Crippen LogP contribution in [-0.4, -0.2) is 32.3 Å². The van der Waals surface area contributed by atoms with E-state index in [1.54, 1.807) is 0 Å². The Bertz CT molecular complexity index is 508. The van der Waals surface area contributed by atoms with Crippen LogP contribution >= 0.6 is 15.9 Å². The average molecular weight is 382 g/mol. The number of nitrogens with zero attached hydrogens (tertiary/aromatic N) is 1. The summed E-state index contributed by atoms with van der Waals surface area (Å²) >= 11 is 3.51. The highest BCUT2D eigenvalue weighted by Gasteiger charge is 2.34. The van der Waals surface area contributed by atoms with E-state index in [-0.39, 0.29) is 5.41 Å². The second-order valence-corrected chi connectivity index (χ2v) is 7.63. The first-order chi connectivity index (χ1) is 11.0. The summed E-state index contributed by atoms with van der Waals surface area (Å²) in [5.74, 6) is 1.22. The molecular weight excluding hydrogens is 354 g/mol. The molecule has 1 heterocycles. The summed E-state index contributed by atoms with van der Waals surface area (Å²) in [6.07, 6.45) is 3.07. The van der Waals surface area contributed by atoms with Crippen LogP contribution < -0.4 is 11.1 Å². The van der Waals surface area contributed by atoms with Gasteiger partial charge in [0.25, 0.3) is 0 Å². The lowest BCUT2D eigenvalue weighted by Crippen LogP contribution is -2.39. The number of guanidine groups is 1. The van der Waals surface area contributed by atoms with Crippen molar-refractivity contribution in [2.24, 2.45) is 16.6 Å². The second-order valence-electron chi connectivity index (χ2n) is 6.71.